The molecule has 2 atom stereocenters. The van der Waals surface area contributed by atoms with Crippen molar-refractivity contribution in [3.05, 3.63) is 0 Å². The molecule has 1 aliphatic rings. The molecular formula is C12H24N2O2. The second-order valence-electron chi connectivity index (χ2n) is 5.14. The van der Waals surface area contributed by atoms with Gasteiger partial charge < -0.3 is 9.64 Å². The minimum Gasteiger partial charge on any atom is -0.468 e. The van der Waals surface area contributed by atoms with Gasteiger partial charge in [-0.2, -0.15) is 0 Å². The molecule has 0 N–H and O–H groups in total. The van der Waals surface area contributed by atoms with Gasteiger partial charge in [-0.15, -0.1) is 0 Å². The van der Waals surface area contributed by atoms with E-state index in [-0.39, 0.29) is 12.0 Å². The van der Waals surface area contributed by atoms with Gasteiger partial charge in [0.2, 0.25) is 0 Å². The van der Waals surface area contributed by atoms with Crippen molar-refractivity contribution in [3.8, 4) is 0 Å². The zero-order chi connectivity index (χ0) is 12.3. The van der Waals surface area contributed by atoms with Crippen LogP contribution in [0.2, 0.25) is 0 Å². The maximum Gasteiger partial charge on any atom is 0.323 e. The fraction of sp³-hybridized carbons (Fsp3) is 0.917. The molecule has 1 fully saturated rings. The molecule has 94 valence electrons. The molecule has 1 aliphatic heterocycles. The predicted octanol–water partition coefficient (Wildman–Crippen LogP) is 0.820. The van der Waals surface area contributed by atoms with Gasteiger partial charge in [-0.05, 0) is 26.4 Å². The average Bonchev–Trinajstić information content (AvgIpc) is 2.13. The first-order valence-corrected chi connectivity index (χ1v) is 5.95. The van der Waals surface area contributed by atoms with Crippen molar-refractivity contribution in [1.82, 2.24) is 9.80 Å². The molecule has 0 aromatic rings. The number of ether oxygens (including phenoxy) is 1. The highest BCUT2D eigenvalue weighted by molar-refractivity contribution is 5.76. The van der Waals surface area contributed by atoms with Gasteiger partial charge >= 0.3 is 5.97 Å². The van der Waals surface area contributed by atoms with Gasteiger partial charge in [0.25, 0.3) is 0 Å². The summed E-state index contributed by atoms with van der Waals surface area (Å²) in [7, 11) is 5.61. The topological polar surface area (TPSA) is 32.8 Å². The van der Waals surface area contributed by atoms with E-state index in [4.69, 9.17) is 4.74 Å². The van der Waals surface area contributed by atoms with Crippen molar-refractivity contribution < 1.29 is 9.53 Å². The molecule has 16 heavy (non-hydrogen) atoms. The summed E-state index contributed by atoms with van der Waals surface area (Å²) in [5.41, 5.74) is 0. The molecule has 1 heterocycles. The van der Waals surface area contributed by atoms with Crippen LogP contribution in [0.15, 0.2) is 0 Å². The van der Waals surface area contributed by atoms with Gasteiger partial charge in [-0.1, -0.05) is 13.8 Å². The average molecular weight is 228 g/mol. The molecule has 1 rings (SSSR count). The van der Waals surface area contributed by atoms with E-state index in [0.717, 1.165) is 19.5 Å². The minimum absolute atomic E-state index is 0.0163. The second-order valence-corrected chi connectivity index (χ2v) is 5.14. The van der Waals surface area contributed by atoms with E-state index in [0.29, 0.717) is 12.0 Å². The van der Waals surface area contributed by atoms with E-state index < -0.39 is 0 Å². The van der Waals surface area contributed by atoms with Gasteiger partial charge in [0.1, 0.15) is 6.04 Å². The number of carbonyl (C=O) groups is 1. The zero-order valence-electron chi connectivity index (χ0n) is 11.1. The normalized spacial score (nSPS) is 23.3. The van der Waals surface area contributed by atoms with Crippen LogP contribution >= 0.6 is 0 Å². The lowest BCUT2D eigenvalue weighted by Crippen LogP contribution is -2.60. The van der Waals surface area contributed by atoms with Crippen LogP contribution in [0.25, 0.3) is 0 Å². The molecule has 0 aromatic heterocycles. The highest BCUT2D eigenvalue weighted by atomic mass is 16.5. The number of rotatable bonds is 5. The van der Waals surface area contributed by atoms with Crippen LogP contribution in [0.4, 0.5) is 0 Å². The first kappa shape index (κ1) is 13.5. The molecular weight excluding hydrogens is 204 g/mol. The van der Waals surface area contributed by atoms with Crippen molar-refractivity contribution in [2.45, 2.75) is 32.4 Å². The molecule has 0 bridgehead atoms. The van der Waals surface area contributed by atoms with E-state index in [1.165, 1.54) is 7.11 Å². The lowest BCUT2D eigenvalue weighted by atomic mass is 9.93. The van der Waals surface area contributed by atoms with Gasteiger partial charge in [0.15, 0.2) is 0 Å². The summed E-state index contributed by atoms with van der Waals surface area (Å²) < 4.78 is 4.83. The van der Waals surface area contributed by atoms with Gasteiger partial charge in [0.05, 0.1) is 7.11 Å². The Kier molecular flexibility index (Phi) is 4.74. The van der Waals surface area contributed by atoms with Crippen molar-refractivity contribution in [3.63, 3.8) is 0 Å². The van der Waals surface area contributed by atoms with Crippen LogP contribution in [-0.2, 0) is 9.53 Å². The lowest BCUT2D eigenvalue weighted by molar-refractivity contribution is -0.155. The Labute approximate surface area is 98.5 Å². The second kappa shape index (κ2) is 5.64. The van der Waals surface area contributed by atoms with Crippen LogP contribution in [-0.4, -0.2) is 62.1 Å². The fourth-order valence-corrected chi connectivity index (χ4v) is 2.27. The van der Waals surface area contributed by atoms with E-state index in [2.05, 4.69) is 37.7 Å². The number of hydrogen-bond acceptors (Lipinski definition) is 4. The molecule has 0 radical (unpaired) electrons. The third-order valence-corrected chi connectivity index (χ3v) is 3.28. The molecule has 0 aromatic carbocycles. The summed E-state index contributed by atoms with van der Waals surface area (Å²) in [6, 6.07) is 0.421. The molecule has 0 spiro atoms. The SMILES string of the molecule is COC(=O)C1CCN1C(CN(C)C)C(C)C. The van der Waals surface area contributed by atoms with Crippen molar-refractivity contribution >= 4 is 5.97 Å². The van der Waals surface area contributed by atoms with Gasteiger partial charge in [-0.25, -0.2) is 0 Å². The molecule has 0 amide bonds. The van der Waals surface area contributed by atoms with Crippen molar-refractivity contribution in [1.29, 1.82) is 0 Å². The van der Waals surface area contributed by atoms with Crippen LogP contribution < -0.4 is 0 Å². The summed E-state index contributed by atoms with van der Waals surface area (Å²) in [6.45, 7) is 6.42. The number of likely N-dealkylation sites (tertiary alicyclic amines) is 1. The van der Waals surface area contributed by atoms with E-state index in [9.17, 15) is 4.79 Å². The maximum atomic E-state index is 11.5. The molecule has 1 saturated heterocycles. The number of esters is 1. The fourth-order valence-electron chi connectivity index (χ4n) is 2.27. The van der Waals surface area contributed by atoms with Crippen LogP contribution in [0.5, 0.6) is 0 Å². The predicted molar refractivity (Wildman–Crippen MR) is 64.3 cm³/mol. The summed E-state index contributed by atoms with van der Waals surface area (Å²) in [4.78, 5) is 16.0. The number of carbonyl (C=O) groups excluding carboxylic acids is 1. The van der Waals surface area contributed by atoms with Crippen LogP contribution in [0, 0.1) is 5.92 Å². The van der Waals surface area contributed by atoms with Gasteiger partial charge in [0, 0.05) is 19.1 Å². The van der Waals surface area contributed by atoms with E-state index >= 15 is 0 Å². The summed E-state index contributed by atoms with van der Waals surface area (Å²) >= 11 is 0. The molecule has 0 saturated carbocycles. The van der Waals surface area contributed by atoms with Crippen LogP contribution in [0.1, 0.15) is 20.3 Å². The smallest absolute Gasteiger partial charge is 0.323 e. The molecule has 0 aliphatic carbocycles. The third kappa shape index (κ3) is 2.95. The number of methoxy groups -OCH3 is 1. The largest absolute Gasteiger partial charge is 0.468 e. The highest BCUT2D eigenvalue weighted by Crippen LogP contribution is 2.25. The molecule has 4 heteroatoms. The lowest BCUT2D eigenvalue weighted by Gasteiger charge is -2.46. The van der Waals surface area contributed by atoms with Crippen molar-refractivity contribution in [2.75, 3.05) is 34.3 Å². The Morgan fingerprint density at radius 1 is 1.50 bits per heavy atom. The van der Waals surface area contributed by atoms with Crippen molar-refractivity contribution in [2.24, 2.45) is 5.92 Å². The Bertz CT molecular complexity index is 241. The number of nitrogens with zero attached hydrogens (tertiary/aromatic N) is 2. The van der Waals surface area contributed by atoms with E-state index in [1.807, 2.05) is 0 Å². The Morgan fingerprint density at radius 2 is 2.12 bits per heavy atom. The Hall–Kier alpha value is -0.610. The zero-order valence-corrected chi connectivity index (χ0v) is 11.1. The molecule has 2 unspecified atom stereocenters. The third-order valence-electron chi connectivity index (χ3n) is 3.28. The summed E-state index contributed by atoms with van der Waals surface area (Å²) in [5, 5.41) is 0. The van der Waals surface area contributed by atoms with Gasteiger partial charge in [-0.3, -0.25) is 9.69 Å². The minimum atomic E-state index is -0.0874. The highest BCUT2D eigenvalue weighted by Gasteiger charge is 2.40. The quantitative estimate of drug-likeness (QED) is 0.652. The number of likely N-dealkylation sites (N-methyl/N-ethyl adjacent to an activating group) is 1. The van der Waals surface area contributed by atoms with Crippen LogP contribution in [0.3, 0.4) is 0 Å². The van der Waals surface area contributed by atoms with E-state index in [1.54, 1.807) is 0 Å². The standard InChI is InChI=1S/C12H24N2O2/c1-9(2)11(8-13(3)4)14-7-6-10(14)12(15)16-5/h9-11H,6-8H2,1-5H3. The first-order chi connectivity index (χ1) is 7.47. The Morgan fingerprint density at radius 3 is 2.44 bits per heavy atom. The summed E-state index contributed by atoms with van der Waals surface area (Å²) in [5.74, 6) is 0.463. The summed E-state index contributed by atoms with van der Waals surface area (Å²) in [6.07, 6.45) is 0.934. The maximum absolute atomic E-state index is 11.5. The Balaban J connectivity index is 2.61. The monoisotopic (exact) mass is 228 g/mol. The first-order valence-electron chi connectivity index (χ1n) is 5.95. The number of hydrogen-bond donors (Lipinski definition) is 0. The molecule has 4 nitrogen and oxygen atoms in total.